The summed E-state index contributed by atoms with van der Waals surface area (Å²) in [4.78, 5) is 0. The SMILES string of the molecule is CCCC[P+](CC)(CCCC)CCCC.O=S(=O)(O)C(F)(F)F. The Kier molecular flexibility index (Phi) is 13.8. The van der Waals surface area contributed by atoms with E-state index in [0.29, 0.717) is 0 Å². The summed E-state index contributed by atoms with van der Waals surface area (Å²) in [5.41, 5.74) is -5.53. The predicted molar refractivity (Wildman–Crippen MR) is 94.4 cm³/mol. The second-order valence-electron chi connectivity index (χ2n) is 5.81. The fourth-order valence-electron chi connectivity index (χ4n) is 2.29. The number of hydrogen-bond acceptors (Lipinski definition) is 2. The molecule has 8 heteroatoms. The monoisotopic (exact) mass is 381 g/mol. The lowest BCUT2D eigenvalue weighted by Crippen LogP contribution is -2.21. The summed E-state index contributed by atoms with van der Waals surface area (Å²) in [6, 6.07) is 0. The molecule has 3 nitrogen and oxygen atoms in total. The van der Waals surface area contributed by atoms with Gasteiger partial charge >= 0.3 is 15.6 Å². The Morgan fingerprint density at radius 1 is 0.826 bits per heavy atom. The number of alkyl halides is 3. The van der Waals surface area contributed by atoms with Crippen LogP contribution in [0, 0.1) is 0 Å². The fourth-order valence-corrected chi connectivity index (χ4v) is 6.87. The summed E-state index contributed by atoms with van der Waals surface area (Å²) in [5.74, 6) is 0. The molecule has 0 radical (unpaired) electrons. The normalized spacial score (nSPS) is 12.7. The lowest BCUT2D eigenvalue weighted by atomic mass is 10.4. The Bertz CT molecular complexity index is 362. The second-order valence-corrected chi connectivity index (χ2v) is 11.9. The Hall–Kier alpha value is 0.130. The van der Waals surface area contributed by atoms with Gasteiger partial charge in [0.25, 0.3) is 0 Å². The topological polar surface area (TPSA) is 54.4 Å². The highest BCUT2D eigenvalue weighted by Gasteiger charge is 2.44. The molecule has 142 valence electrons. The van der Waals surface area contributed by atoms with Crippen molar-refractivity contribution in [3.8, 4) is 0 Å². The first kappa shape index (κ1) is 25.4. The highest BCUT2D eigenvalue weighted by Crippen LogP contribution is 2.60. The van der Waals surface area contributed by atoms with Crippen LogP contribution in [0.5, 0.6) is 0 Å². The van der Waals surface area contributed by atoms with Gasteiger partial charge in [-0.05, 0) is 26.2 Å². The van der Waals surface area contributed by atoms with Crippen LogP contribution in [-0.2, 0) is 10.1 Å². The zero-order valence-electron chi connectivity index (χ0n) is 14.8. The summed E-state index contributed by atoms with van der Waals surface area (Å²) >= 11 is 0. The minimum absolute atomic E-state index is 0.527. The Labute approximate surface area is 140 Å². The summed E-state index contributed by atoms with van der Waals surface area (Å²) in [5, 5.41) is 0. The van der Waals surface area contributed by atoms with Gasteiger partial charge in [0.05, 0.1) is 24.6 Å². The highest BCUT2D eigenvalue weighted by atomic mass is 32.2. The average Bonchev–Trinajstić information content (AvgIpc) is 2.46. The lowest BCUT2D eigenvalue weighted by molar-refractivity contribution is -0.0510. The van der Waals surface area contributed by atoms with Gasteiger partial charge in [-0.15, -0.1) is 0 Å². The molecule has 0 aromatic rings. The van der Waals surface area contributed by atoms with E-state index in [4.69, 9.17) is 13.0 Å². The third-order valence-electron chi connectivity index (χ3n) is 3.92. The molecule has 0 bridgehead atoms. The molecule has 0 unspecified atom stereocenters. The van der Waals surface area contributed by atoms with Gasteiger partial charge in [0.1, 0.15) is 0 Å². The maximum atomic E-state index is 10.7. The van der Waals surface area contributed by atoms with Crippen LogP contribution in [0.1, 0.15) is 66.2 Å². The van der Waals surface area contributed by atoms with Gasteiger partial charge in [-0.3, -0.25) is 4.55 Å². The maximum absolute atomic E-state index is 10.7. The van der Waals surface area contributed by atoms with E-state index in [0.717, 1.165) is 0 Å². The first-order chi connectivity index (χ1) is 10.5. The first-order valence-corrected chi connectivity index (χ1v) is 12.4. The van der Waals surface area contributed by atoms with Crippen molar-refractivity contribution in [2.24, 2.45) is 0 Å². The summed E-state index contributed by atoms with van der Waals surface area (Å²) < 4.78 is 57.5. The molecule has 0 aliphatic rings. The molecule has 0 atom stereocenters. The molecule has 0 aromatic carbocycles. The Balaban J connectivity index is 0. The molecule has 0 amide bonds. The summed E-state index contributed by atoms with van der Waals surface area (Å²) in [7, 11) is -6.37. The minimum Gasteiger partial charge on any atom is -0.279 e. The van der Waals surface area contributed by atoms with Crippen LogP contribution in [0.25, 0.3) is 0 Å². The molecule has 0 heterocycles. The maximum Gasteiger partial charge on any atom is 0.522 e. The highest BCUT2D eigenvalue weighted by molar-refractivity contribution is 7.86. The van der Waals surface area contributed by atoms with Crippen molar-refractivity contribution in [1.82, 2.24) is 0 Å². The molecule has 0 fully saturated rings. The lowest BCUT2D eigenvalue weighted by Gasteiger charge is -2.26. The predicted octanol–water partition coefficient (Wildman–Crippen LogP) is 5.82. The second kappa shape index (κ2) is 12.5. The van der Waals surface area contributed by atoms with Gasteiger partial charge in [0.2, 0.25) is 0 Å². The molecular formula is C15H33F3O3PS+. The molecule has 0 aromatic heterocycles. The number of hydrogen-bond donors (Lipinski definition) is 1. The van der Waals surface area contributed by atoms with Gasteiger partial charge < -0.3 is 0 Å². The molecule has 0 spiro atoms. The number of unbranched alkanes of at least 4 members (excludes halogenated alkanes) is 3. The van der Waals surface area contributed by atoms with Crippen molar-refractivity contribution < 1.29 is 26.1 Å². The third-order valence-corrected chi connectivity index (χ3v) is 9.64. The van der Waals surface area contributed by atoms with Crippen LogP contribution in [0.4, 0.5) is 13.2 Å². The van der Waals surface area contributed by atoms with Crippen LogP contribution in [0.2, 0.25) is 0 Å². The molecule has 0 saturated heterocycles. The molecule has 0 rings (SSSR count). The van der Waals surface area contributed by atoms with E-state index in [1.54, 1.807) is 18.5 Å². The van der Waals surface area contributed by atoms with E-state index in [2.05, 4.69) is 27.7 Å². The van der Waals surface area contributed by atoms with Crippen molar-refractivity contribution in [2.75, 3.05) is 24.6 Å². The Morgan fingerprint density at radius 2 is 1.09 bits per heavy atom. The van der Waals surface area contributed by atoms with Gasteiger partial charge in [0.15, 0.2) is 0 Å². The first-order valence-electron chi connectivity index (χ1n) is 8.38. The summed E-state index contributed by atoms with van der Waals surface area (Å²) in [6.45, 7) is 9.46. The van der Waals surface area contributed by atoms with Crippen molar-refractivity contribution in [3.05, 3.63) is 0 Å². The molecule has 0 aliphatic carbocycles. The molecule has 0 saturated carbocycles. The van der Waals surface area contributed by atoms with Crippen LogP contribution in [0.3, 0.4) is 0 Å². The number of halogens is 3. The average molecular weight is 381 g/mol. The van der Waals surface area contributed by atoms with E-state index < -0.39 is 22.9 Å². The van der Waals surface area contributed by atoms with E-state index in [9.17, 15) is 13.2 Å². The van der Waals surface area contributed by atoms with Crippen LogP contribution >= 0.6 is 7.26 Å². The van der Waals surface area contributed by atoms with Gasteiger partial charge in [-0.2, -0.15) is 21.6 Å². The van der Waals surface area contributed by atoms with E-state index >= 15 is 0 Å². The molecule has 0 aliphatic heterocycles. The third kappa shape index (κ3) is 12.2. The van der Waals surface area contributed by atoms with Crippen molar-refractivity contribution >= 4 is 17.4 Å². The number of rotatable bonds is 10. The van der Waals surface area contributed by atoms with Gasteiger partial charge in [-0.25, -0.2) is 0 Å². The minimum atomic E-state index is -5.84. The zero-order chi connectivity index (χ0) is 18.6. The molecule has 1 N–H and O–H groups in total. The van der Waals surface area contributed by atoms with Crippen molar-refractivity contribution in [3.63, 3.8) is 0 Å². The van der Waals surface area contributed by atoms with Crippen LogP contribution in [-0.4, -0.2) is 43.1 Å². The van der Waals surface area contributed by atoms with Crippen molar-refractivity contribution in [1.29, 1.82) is 0 Å². The summed E-state index contributed by atoms with van der Waals surface area (Å²) in [6.07, 6.45) is 14.9. The van der Waals surface area contributed by atoms with Crippen LogP contribution < -0.4 is 0 Å². The smallest absolute Gasteiger partial charge is 0.279 e. The quantitative estimate of drug-likeness (QED) is 0.295. The van der Waals surface area contributed by atoms with Crippen molar-refractivity contribution in [2.45, 2.75) is 71.7 Å². The Morgan fingerprint density at radius 3 is 1.22 bits per heavy atom. The molecular weight excluding hydrogens is 348 g/mol. The van der Waals surface area contributed by atoms with E-state index in [1.165, 1.54) is 44.7 Å². The van der Waals surface area contributed by atoms with Gasteiger partial charge in [-0.1, -0.05) is 40.0 Å². The van der Waals surface area contributed by atoms with E-state index in [-0.39, 0.29) is 0 Å². The zero-order valence-corrected chi connectivity index (χ0v) is 16.5. The fraction of sp³-hybridized carbons (Fsp3) is 1.00. The van der Waals surface area contributed by atoms with Gasteiger partial charge in [0, 0.05) is 7.26 Å². The van der Waals surface area contributed by atoms with Crippen LogP contribution in [0.15, 0.2) is 0 Å². The standard InChI is InChI=1S/C14H32P.CHF3O3S/c1-5-9-12-15(8-4,13-10-6-2)14-11-7-3;2-1(3,4)8(5,6)7/h5-14H2,1-4H3;(H,5,6,7)/q+1;. The molecule has 23 heavy (non-hydrogen) atoms. The largest absolute Gasteiger partial charge is 0.522 e. The van der Waals surface area contributed by atoms with E-state index in [1.807, 2.05) is 0 Å².